The average Bonchev–Trinajstić information content (AvgIpc) is 2.64. The maximum absolute atomic E-state index is 9.86. The van der Waals surface area contributed by atoms with Crippen LogP contribution in [0.1, 0.15) is 37.9 Å². The molecule has 0 fully saturated rings. The van der Waals surface area contributed by atoms with E-state index in [0.717, 1.165) is 30.3 Å². The minimum atomic E-state index is -0.840. The van der Waals surface area contributed by atoms with Crippen molar-refractivity contribution >= 4 is 12.6 Å². The Morgan fingerprint density at radius 1 is 1.50 bits per heavy atom. The van der Waals surface area contributed by atoms with E-state index < -0.39 is 7.12 Å². The summed E-state index contributed by atoms with van der Waals surface area (Å²) in [4.78, 5) is 0. The Labute approximate surface area is 96.5 Å². The molecule has 1 aromatic rings. The lowest BCUT2D eigenvalue weighted by molar-refractivity contribution is 0.178. The molecule has 0 bridgehead atoms. The fraction of sp³-hybridized carbons (Fsp3) is 0.500. The molecular weight excluding hydrogens is 203 g/mol. The van der Waals surface area contributed by atoms with Crippen LogP contribution in [0.15, 0.2) is 18.2 Å². The van der Waals surface area contributed by atoms with Crippen molar-refractivity contribution in [3.8, 4) is 5.75 Å². The van der Waals surface area contributed by atoms with Crippen molar-refractivity contribution < 1.29 is 14.4 Å². The van der Waals surface area contributed by atoms with Crippen molar-refractivity contribution in [3.63, 3.8) is 0 Å². The number of methoxy groups -OCH3 is 1. The van der Waals surface area contributed by atoms with Crippen molar-refractivity contribution in [3.05, 3.63) is 23.8 Å². The molecule has 0 saturated heterocycles. The first-order chi connectivity index (χ1) is 7.77. The van der Waals surface area contributed by atoms with Gasteiger partial charge >= 0.3 is 7.12 Å². The van der Waals surface area contributed by atoms with Gasteiger partial charge in [-0.25, -0.2) is 0 Å². The van der Waals surface area contributed by atoms with Crippen molar-refractivity contribution in [2.24, 2.45) is 0 Å². The summed E-state index contributed by atoms with van der Waals surface area (Å²) in [6.07, 6.45) is 3.21. The largest absolute Gasteiger partial charge is 0.497 e. The summed E-state index contributed by atoms with van der Waals surface area (Å²) >= 11 is 0. The van der Waals surface area contributed by atoms with Crippen LogP contribution in [0.5, 0.6) is 5.75 Å². The summed E-state index contributed by atoms with van der Waals surface area (Å²) in [7, 11) is 0.773. The summed E-state index contributed by atoms with van der Waals surface area (Å²) in [5, 5.41) is 9.86. The second-order valence-electron chi connectivity index (χ2n) is 4.08. The third-order valence-electron chi connectivity index (χ3n) is 3.03. The van der Waals surface area contributed by atoms with Gasteiger partial charge in [0.2, 0.25) is 0 Å². The number of hydrogen-bond acceptors (Lipinski definition) is 3. The Morgan fingerprint density at radius 2 is 2.31 bits per heavy atom. The van der Waals surface area contributed by atoms with Crippen LogP contribution in [0.25, 0.3) is 0 Å². The molecule has 3 nitrogen and oxygen atoms in total. The maximum atomic E-state index is 9.86. The summed E-state index contributed by atoms with van der Waals surface area (Å²) in [6, 6.07) is 5.81. The molecule has 4 heteroatoms. The molecule has 0 radical (unpaired) electrons. The maximum Gasteiger partial charge on any atom is 0.495 e. The van der Waals surface area contributed by atoms with Gasteiger partial charge < -0.3 is 14.4 Å². The third kappa shape index (κ3) is 1.95. The van der Waals surface area contributed by atoms with Crippen LogP contribution in [-0.2, 0) is 4.65 Å². The molecule has 1 aliphatic heterocycles. The lowest BCUT2D eigenvalue weighted by atomic mass is 9.78. The molecule has 0 aliphatic carbocycles. The predicted octanol–water partition coefficient (Wildman–Crippen LogP) is 1.64. The smallest absolute Gasteiger partial charge is 0.495 e. The average molecular weight is 220 g/mol. The first-order valence-electron chi connectivity index (χ1n) is 5.78. The molecule has 1 heterocycles. The number of benzene rings is 1. The summed E-state index contributed by atoms with van der Waals surface area (Å²) in [5.74, 6) is 0.712. The lowest BCUT2D eigenvalue weighted by Gasteiger charge is -2.11. The van der Waals surface area contributed by atoms with Crippen LogP contribution in [0.3, 0.4) is 0 Å². The zero-order valence-corrected chi connectivity index (χ0v) is 9.77. The Hall–Kier alpha value is -0.995. The van der Waals surface area contributed by atoms with Gasteiger partial charge in [0, 0.05) is 5.46 Å². The van der Waals surface area contributed by atoms with Crippen molar-refractivity contribution in [1.29, 1.82) is 0 Å². The van der Waals surface area contributed by atoms with E-state index in [1.54, 1.807) is 7.11 Å². The van der Waals surface area contributed by atoms with Crippen molar-refractivity contribution in [2.45, 2.75) is 32.3 Å². The molecule has 1 aromatic carbocycles. The number of rotatable bonds is 4. The molecule has 86 valence electrons. The van der Waals surface area contributed by atoms with Crippen LogP contribution < -0.4 is 10.2 Å². The van der Waals surface area contributed by atoms with Gasteiger partial charge in [0.1, 0.15) is 5.75 Å². The van der Waals surface area contributed by atoms with E-state index in [-0.39, 0.29) is 6.10 Å². The van der Waals surface area contributed by atoms with E-state index in [9.17, 15) is 5.02 Å². The number of ether oxygens (including phenoxy) is 1. The highest BCUT2D eigenvalue weighted by atomic mass is 16.5. The Bertz CT molecular complexity index is 367. The minimum Gasteiger partial charge on any atom is -0.497 e. The molecule has 0 aromatic heterocycles. The second kappa shape index (κ2) is 4.89. The SMILES string of the molecule is CCCCC1OB(O)c2c(OC)cccc21. The van der Waals surface area contributed by atoms with Gasteiger partial charge in [0.05, 0.1) is 13.2 Å². The summed E-state index contributed by atoms with van der Waals surface area (Å²) in [5.41, 5.74) is 1.87. The third-order valence-corrected chi connectivity index (χ3v) is 3.03. The van der Waals surface area contributed by atoms with Gasteiger partial charge in [0.25, 0.3) is 0 Å². The highest BCUT2D eigenvalue weighted by Crippen LogP contribution is 2.31. The van der Waals surface area contributed by atoms with Gasteiger partial charge in [0.15, 0.2) is 0 Å². The topological polar surface area (TPSA) is 38.7 Å². The molecule has 0 saturated carbocycles. The normalized spacial score (nSPS) is 18.7. The fourth-order valence-electron chi connectivity index (χ4n) is 2.19. The van der Waals surface area contributed by atoms with E-state index in [4.69, 9.17) is 9.39 Å². The molecule has 0 amide bonds. The van der Waals surface area contributed by atoms with E-state index in [1.807, 2.05) is 18.2 Å². The van der Waals surface area contributed by atoms with Crippen molar-refractivity contribution in [1.82, 2.24) is 0 Å². The Morgan fingerprint density at radius 3 is 3.00 bits per heavy atom. The van der Waals surface area contributed by atoms with E-state index in [1.165, 1.54) is 0 Å². The summed E-state index contributed by atoms with van der Waals surface area (Å²) in [6.45, 7) is 2.15. The molecule has 16 heavy (non-hydrogen) atoms. The zero-order valence-electron chi connectivity index (χ0n) is 9.77. The standard InChI is InChI=1S/C12H17BO3/c1-3-4-7-10-9-6-5-8-11(15-2)12(9)13(14)16-10/h5-6,8,10,14H,3-4,7H2,1-2H3. The van der Waals surface area contributed by atoms with Gasteiger partial charge in [-0.15, -0.1) is 0 Å². The van der Waals surface area contributed by atoms with Gasteiger partial charge in [-0.2, -0.15) is 0 Å². The van der Waals surface area contributed by atoms with E-state index in [2.05, 4.69) is 6.92 Å². The van der Waals surface area contributed by atoms with Gasteiger partial charge in [-0.1, -0.05) is 31.9 Å². The Balaban J connectivity index is 2.28. The zero-order chi connectivity index (χ0) is 11.5. The molecule has 1 aliphatic rings. The highest BCUT2D eigenvalue weighted by molar-refractivity contribution is 6.62. The minimum absolute atomic E-state index is 0.0139. The van der Waals surface area contributed by atoms with Crippen LogP contribution in [0, 0.1) is 0 Å². The highest BCUT2D eigenvalue weighted by Gasteiger charge is 2.37. The van der Waals surface area contributed by atoms with Crippen LogP contribution in [-0.4, -0.2) is 19.3 Å². The monoisotopic (exact) mass is 220 g/mol. The number of unbranched alkanes of at least 4 members (excludes halogenated alkanes) is 1. The fourth-order valence-corrected chi connectivity index (χ4v) is 2.19. The molecular formula is C12H17BO3. The summed E-state index contributed by atoms with van der Waals surface area (Å²) < 4.78 is 10.8. The second-order valence-corrected chi connectivity index (χ2v) is 4.08. The van der Waals surface area contributed by atoms with Gasteiger partial charge in [-0.05, 0) is 18.1 Å². The predicted molar refractivity (Wildman–Crippen MR) is 64.0 cm³/mol. The molecule has 2 rings (SSSR count). The van der Waals surface area contributed by atoms with Crippen LogP contribution >= 0.6 is 0 Å². The Kier molecular flexibility index (Phi) is 3.51. The molecule has 0 spiro atoms. The molecule has 1 N–H and O–H groups in total. The quantitative estimate of drug-likeness (QED) is 0.784. The van der Waals surface area contributed by atoms with Gasteiger partial charge in [-0.3, -0.25) is 0 Å². The van der Waals surface area contributed by atoms with Crippen molar-refractivity contribution in [2.75, 3.05) is 7.11 Å². The number of hydrogen-bond donors (Lipinski definition) is 1. The van der Waals surface area contributed by atoms with E-state index >= 15 is 0 Å². The number of fused-ring (bicyclic) bond motifs is 1. The molecule has 1 atom stereocenters. The van der Waals surface area contributed by atoms with Crippen LogP contribution in [0.4, 0.5) is 0 Å². The molecule has 1 unspecified atom stereocenters. The lowest BCUT2D eigenvalue weighted by Crippen LogP contribution is -2.29. The first kappa shape index (κ1) is 11.5. The van der Waals surface area contributed by atoms with Crippen LogP contribution in [0.2, 0.25) is 0 Å². The van der Waals surface area contributed by atoms with E-state index in [0.29, 0.717) is 5.75 Å². The first-order valence-corrected chi connectivity index (χ1v) is 5.78.